The molecule has 1 atom stereocenters. The van der Waals surface area contributed by atoms with E-state index in [1.165, 1.54) is 11.1 Å². The Hall–Kier alpha value is -2.69. The maximum atomic E-state index is 12.8. The molecule has 0 aliphatic carbocycles. The molecule has 1 aromatic carbocycles. The summed E-state index contributed by atoms with van der Waals surface area (Å²) in [5, 5.41) is 0. The molecule has 1 aliphatic rings. The first-order valence-electron chi connectivity index (χ1n) is 6.67. The number of imide groups is 1. The predicted octanol–water partition coefficient (Wildman–Crippen LogP) is 1.89. The summed E-state index contributed by atoms with van der Waals surface area (Å²) in [6.45, 7) is 1.80. The zero-order valence-electron chi connectivity index (χ0n) is 11.6. The molecule has 1 aliphatic heterocycles. The lowest BCUT2D eigenvalue weighted by Crippen LogP contribution is -2.36. The Labute approximate surface area is 122 Å². The molecule has 2 amide bonds. The van der Waals surface area contributed by atoms with Gasteiger partial charge in [-0.1, -0.05) is 30.3 Å². The number of amides is 2. The van der Waals surface area contributed by atoms with E-state index >= 15 is 0 Å². The van der Waals surface area contributed by atoms with Crippen LogP contribution < -0.4 is 10.6 Å². The van der Waals surface area contributed by atoms with Crippen LogP contribution in [-0.2, 0) is 15.0 Å². The standard InChI is InChI=1S/C16H15N3O2/c1-16(11-5-3-2-4-6-11)9-14(20)19(15(16)21)12-7-8-13(17)18-10-12/h2-8,10H,9H2,1H3,(H2,17,18). The van der Waals surface area contributed by atoms with Crippen molar-refractivity contribution in [1.82, 2.24) is 4.98 Å². The maximum absolute atomic E-state index is 12.8. The van der Waals surface area contributed by atoms with E-state index in [0.717, 1.165) is 5.56 Å². The quantitative estimate of drug-likeness (QED) is 0.853. The Balaban J connectivity index is 2.01. The monoisotopic (exact) mass is 281 g/mol. The van der Waals surface area contributed by atoms with E-state index in [0.29, 0.717) is 11.5 Å². The van der Waals surface area contributed by atoms with Gasteiger partial charge in [-0.05, 0) is 24.6 Å². The predicted molar refractivity (Wildman–Crippen MR) is 79.6 cm³/mol. The molecular formula is C16H15N3O2. The number of hydrogen-bond donors (Lipinski definition) is 1. The Bertz CT molecular complexity index is 697. The minimum absolute atomic E-state index is 0.153. The first-order valence-corrected chi connectivity index (χ1v) is 6.67. The third-order valence-electron chi connectivity index (χ3n) is 3.87. The lowest BCUT2D eigenvalue weighted by molar-refractivity contribution is -0.122. The van der Waals surface area contributed by atoms with E-state index in [1.54, 1.807) is 19.1 Å². The molecule has 1 unspecified atom stereocenters. The van der Waals surface area contributed by atoms with Crippen LogP contribution in [0.2, 0.25) is 0 Å². The van der Waals surface area contributed by atoms with E-state index < -0.39 is 5.41 Å². The van der Waals surface area contributed by atoms with Crippen molar-refractivity contribution in [2.24, 2.45) is 0 Å². The van der Waals surface area contributed by atoms with Gasteiger partial charge in [0.1, 0.15) is 5.82 Å². The summed E-state index contributed by atoms with van der Waals surface area (Å²) in [7, 11) is 0. The highest BCUT2D eigenvalue weighted by molar-refractivity contribution is 6.24. The average molecular weight is 281 g/mol. The molecule has 0 spiro atoms. The fourth-order valence-electron chi connectivity index (χ4n) is 2.64. The van der Waals surface area contributed by atoms with Crippen molar-refractivity contribution in [1.29, 1.82) is 0 Å². The summed E-state index contributed by atoms with van der Waals surface area (Å²) in [5.74, 6) is -0.105. The van der Waals surface area contributed by atoms with E-state index in [9.17, 15) is 9.59 Å². The number of carbonyl (C=O) groups is 2. The highest BCUT2D eigenvalue weighted by Gasteiger charge is 2.49. The van der Waals surface area contributed by atoms with Crippen molar-refractivity contribution in [2.75, 3.05) is 10.6 Å². The molecule has 1 saturated heterocycles. The van der Waals surface area contributed by atoms with Gasteiger partial charge in [0.15, 0.2) is 0 Å². The Morgan fingerprint density at radius 2 is 1.86 bits per heavy atom. The molecule has 1 aromatic heterocycles. The van der Waals surface area contributed by atoms with Crippen molar-refractivity contribution in [3.05, 3.63) is 54.2 Å². The van der Waals surface area contributed by atoms with E-state index in [-0.39, 0.29) is 18.2 Å². The summed E-state index contributed by atoms with van der Waals surface area (Å²) >= 11 is 0. The van der Waals surface area contributed by atoms with Gasteiger partial charge >= 0.3 is 0 Å². The Morgan fingerprint density at radius 3 is 2.48 bits per heavy atom. The second-order valence-corrected chi connectivity index (χ2v) is 5.35. The van der Waals surface area contributed by atoms with Crippen molar-refractivity contribution in [2.45, 2.75) is 18.8 Å². The van der Waals surface area contributed by atoms with Gasteiger partial charge in [-0.2, -0.15) is 0 Å². The molecule has 106 valence electrons. The van der Waals surface area contributed by atoms with Gasteiger partial charge in [0.25, 0.3) is 0 Å². The van der Waals surface area contributed by atoms with Crippen molar-refractivity contribution in [3.63, 3.8) is 0 Å². The lowest BCUT2D eigenvalue weighted by atomic mass is 9.81. The first-order chi connectivity index (χ1) is 10.0. The van der Waals surface area contributed by atoms with E-state index in [1.807, 2.05) is 30.3 Å². The van der Waals surface area contributed by atoms with Gasteiger partial charge in [0, 0.05) is 6.42 Å². The third kappa shape index (κ3) is 2.07. The van der Waals surface area contributed by atoms with Gasteiger partial charge in [-0.15, -0.1) is 0 Å². The van der Waals surface area contributed by atoms with Gasteiger partial charge < -0.3 is 5.73 Å². The summed E-state index contributed by atoms with van der Waals surface area (Å²) in [5.41, 5.74) is 6.01. The molecule has 21 heavy (non-hydrogen) atoms. The zero-order valence-corrected chi connectivity index (χ0v) is 11.6. The molecular weight excluding hydrogens is 266 g/mol. The van der Waals surface area contributed by atoms with Crippen LogP contribution in [-0.4, -0.2) is 16.8 Å². The maximum Gasteiger partial charge on any atom is 0.244 e. The molecule has 2 heterocycles. The number of nitrogens with two attached hydrogens (primary N) is 1. The fraction of sp³-hybridized carbons (Fsp3) is 0.188. The minimum Gasteiger partial charge on any atom is -0.384 e. The number of anilines is 2. The van der Waals surface area contributed by atoms with Crippen LogP contribution in [0.1, 0.15) is 18.9 Å². The fourth-order valence-corrected chi connectivity index (χ4v) is 2.64. The van der Waals surface area contributed by atoms with Gasteiger partial charge in [-0.25, -0.2) is 9.88 Å². The third-order valence-corrected chi connectivity index (χ3v) is 3.87. The topological polar surface area (TPSA) is 76.3 Å². The molecule has 2 aromatic rings. The minimum atomic E-state index is -0.834. The van der Waals surface area contributed by atoms with Gasteiger partial charge in [-0.3, -0.25) is 9.59 Å². The van der Waals surface area contributed by atoms with Gasteiger partial charge in [0.2, 0.25) is 11.8 Å². The molecule has 3 rings (SSSR count). The Morgan fingerprint density at radius 1 is 1.14 bits per heavy atom. The number of nitrogen functional groups attached to an aromatic ring is 1. The number of aromatic nitrogens is 1. The molecule has 2 N–H and O–H groups in total. The highest BCUT2D eigenvalue weighted by Crippen LogP contribution is 2.38. The number of hydrogen-bond acceptors (Lipinski definition) is 4. The van der Waals surface area contributed by atoms with Crippen molar-refractivity contribution < 1.29 is 9.59 Å². The van der Waals surface area contributed by atoms with Crippen LogP contribution in [0.5, 0.6) is 0 Å². The molecule has 5 nitrogen and oxygen atoms in total. The second kappa shape index (κ2) is 4.70. The number of nitrogens with zero attached hydrogens (tertiary/aromatic N) is 2. The zero-order chi connectivity index (χ0) is 15.0. The van der Waals surface area contributed by atoms with E-state index in [2.05, 4.69) is 4.98 Å². The molecule has 5 heteroatoms. The van der Waals surface area contributed by atoms with Crippen LogP contribution in [0.4, 0.5) is 11.5 Å². The largest absolute Gasteiger partial charge is 0.384 e. The SMILES string of the molecule is CC1(c2ccccc2)CC(=O)N(c2ccc(N)nc2)C1=O. The second-order valence-electron chi connectivity index (χ2n) is 5.35. The summed E-state index contributed by atoms with van der Waals surface area (Å²) < 4.78 is 0. The van der Waals surface area contributed by atoms with Crippen molar-refractivity contribution >= 4 is 23.3 Å². The highest BCUT2D eigenvalue weighted by atomic mass is 16.2. The van der Waals surface area contributed by atoms with Crippen LogP contribution in [0.3, 0.4) is 0 Å². The smallest absolute Gasteiger partial charge is 0.244 e. The van der Waals surface area contributed by atoms with Crippen LogP contribution in [0, 0.1) is 0 Å². The van der Waals surface area contributed by atoms with Crippen molar-refractivity contribution in [3.8, 4) is 0 Å². The van der Waals surface area contributed by atoms with Crippen LogP contribution >= 0.6 is 0 Å². The van der Waals surface area contributed by atoms with Crippen LogP contribution in [0.15, 0.2) is 48.7 Å². The van der Waals surface area contributed by atoms with Gasteiger partial charge in [0.05, 0.1) is 17.3 Å². The molecule has 0 saturated carbocycles. The first kappa shape index (κ1) is 13.3. The normalized spacial score (nSPS) is 21.9. The number of pyridine rings is 1. The lowest BCUT2D eigenvalue weighted by Gasteiger charge is -2.22. The number of benzene rings is 1. The number of rotatable bonds is 2. The van der Waals surface area contributed by atoms with Crippen LogP contribution in [0.25, 0.3) is 0 Å². The summed E-state index contributed by atoms with van der Waals surface area (Å²) in [6.07, 6.45) is 1.60. The van der Waals surface area contributed by atoms with E-state index in [4.69, 9.17) is 5.73 Å². The molecule has 0 radical (unpaired) electrons. The Kier molecular flexibility index (Phi) is 2.97. The molecule has 1 fully saturated rings. The number of carbonyl (C=O) groups excluding carboxylic acids is 2. The average Bonchev–Trinajstić information content (AvgIpc) is 2.72. The molecule has 0 bridgehead atoms. The summed E-state index contributed by atoms with van der Waals surface area (Å²) in [4.78, 5) is 30.2. The summed E-state index contributed by atoms with van der Waals surface area (Å²) in [6, 6.07) is 12.6.